The fraction of sp³-hybridized carbons (Fsp3) is 0.280. The van der Waals surface area contributed by atoms with Gasteiger partial charge < -0.3 is 15.0 Å². The Morgan fingerprint density at radius 2 is 1.97 bits per heavy atom. The lowest BCUT2D eigenvalue weighted by molar-refractivity contribution is -0.121. The van der Waals surface area contributed by atoms with E-state index in [1.165, 1.54) is 0 Å². The van der Waals surface area contributed by atoms with Gasteiger partial charge in [0.15, 0.2) is 0 Å². The summed E-state index contributed by atoms with van der Waals surface area (Å²) in [5.74, 6) is 1.10. The first-order valence-corrected chi connectivity index (χ1v) is 10.7. The Morgan fingerprint density at radius 1 is 1.19 bits per heavy atom. The summed E-state index contributed by atoms with van der Waals surface area (Å²) in [7, 11) is 1.61. The van der Waals surface area contributed by atoms with Crippen LogP contribution in [0.25, 0.3) is 0 Å². The lowest BCUT2D eigenvalue weighted by atomic mass is 9.72. The maximum atomic E-state index is 13.6. The van der Waals surface area contributed by atoms with Crippen LogP contribution in [0.15, 0.2) is 60.9 Å². The highest BCUT2D eigenvalue weighted by Gasteiger charge is 2.59. The predicted molar refractivity (Wildman–Crippen MR) is 120 cm³/mol. The molecule has 2 aliphatic rings. The van der Waals surface area contributed by atoms with Crippen LogP contribution in [0.2, 0.25) is 0 Å². The number of hydrogen-bond acceptors (Lipinski definition) is 5. The first-order chi connectivity index (χ1) is 15.6. The number of para-hydroxylation sites is 1. The topological polar surface area (TPSA) is 84.4 Å². The molecule has 1 spiro atoms. The van der Waals surface area contributed by atoms with E-state index in [0.29, 0.717) is 36.5 Å². The van der Waals surface area contributed by atoms with Crippen LogP contribution in [0.3, 0.4) is 0 Å². The highest BCUT2D eigenvalue weighted by molar-refractivity contribution is 6.08. The van der Waals surface area contributed by atoms with Gasteiger partial charge >= 0.3 is 0 Å². The summed E-state index contributed by atoms with van der Waals surface area (Å²) in [5.41, 5.74) is 2.12. The number of rotatable bonds is 4. The minimum Gasteiger partial charge on any atom is -0.497 e. The van der Waals surface area contributed by atoms with Crippen LogP contribution >= 0.6 is 0 Å². The molecule has 5 rings (SSSR count). The van der Waals surface area contributed by atoms with Gasteiger partial charge in [-0.05, 0) is 35.7 Å². The standard InChI is InChI=1S/C25H24N4O3/c1-3-21-26-14-17(15-27-21)23(30)29-12-11-25(19-9-4-5-10-20(19)28-24(25)31)22(29)16-7-6-8-18(13-16)32-2/h4-10,13-15,22H,3,11-12H2,1-2H3,(H,28,31)/t22-,25+/m0/s1. The SMILES string of the molecule is CCc1ncc(C(=O)N2CC[C@]3(C(=O)Nc4ccccc43)[C@@H]2c2cccc(OC)c2)cn1. The number of aryl methyl sites for hydroxylation is 1. The lowest BCUT2D eigenvalue weighted by Crippen LogP contribution is -2.42. The van der Waals surface area contributed by atoms with Gasteiger partial charge in [0, 0.05) is 31.0 Å². The van der Waals surface area contributed by atoms with Crippen molar-refractivity contribution < 1.29 is 14.3 Å². The third-order valence-electron chi connectivity index (χ3n) is 6.53. The Hall–Kier alpha value is -3.74. The van der Waals surface area contributed by atoms with Crippen molar-refractivity contribution in [1.82, 2.24) is 14.9 Å². The zero-order chi connectivity index (χ0) is 22.3. The van der Waals surface area contributed by atoms with Crippen molar-refractivity contribution in [2.24, 2.45) is 0 Å². The largest absolute Gasteiger partial charge is 0.497 e. The normalized spacial score (nSPS) is 21.5. The second-order valence-electron chi connectivity index (χ2n) is 8.14. The third-order valence-corrected chi connectivity index (χ3v) is 6.53. The Labute approximate surface area is 186 Å². The van der Waals surface area contributed by atoms with Crippen molar-refractivity contribution in [2.45, 2.75) is 31.2 Å². The van der Waals surface area contributed by atoms with Gasteiger partial charge in [-0.3, -0.25) is 9.59 Å². The van der Waals surface area contributed by atoms with Crippen molar-refractivity contribution in [1.29, 1.82) is 0 Å². The number of hydrogen-bond donors (Lipinski definition) is 1. The van der Waals surface area contributed by atoms with Gasteiger partial charge in [-0.1, -0.05) is 37.3 Å². The van der Waals surface area contributed by atoms with Crippen molar-refractivity contribution in [2.75, 3.05) is 19.0 Å². The van der Waals surface area contributed by atoms with E-state index in [1.54, 1.807) is 24.4 Å². The van der Waals surface area contributed by atoms with Gasteiger partial charge in [-0.25, -0.2) is 9.97 Å². The number of likely N-dealkylation sites (tertiary alicyclic amines) is 1. The van der Waals surface area contributed by atoms with Crippen LogP contribution in [0, 0.1) is 0 Å². The minimum absolute atomic E-state index is 0.0839. The van der Waals surface area contributed by atoms with Crippen LogP contribution in [-0.4, -0.2) is 40.3 Å². The first-order valence-electron chi connectivity index (χ1n) is 10.7. The average Bonchev–Trinajstić information content (AvgIpc) is 3.38. The number of nitrogens with one attached hydrogen (secondary N) is 1. The van der Waals surface area contributed by atoms with Crippen LogP contribution in [0.1, 0.15) is 46.7 Å². The number of fused-ring (bicyclic) bond motifs is 2. The molecular formula is C25H24N4O3. The van der Waals surface area contributed by atoms with Crippen LogP contribution in [0.4, 0.5) is 5.69 Å². The molecule has 2 aromatic carbocycles. The second-order valence-corrected chi connectivity index (χ2v) is 8.14. The number of carbonyl (C=O) groups excluding carboxylic acids is 2. The molecule has 1 aromatic heterocycles. The molecule has 32 heavy (non-hydrogen) atoms. The maximum Gasteiger partial charge on any atom is 0.257 e. The molecule has 7 heteroatoms. The van der Waals surface area contributed by atoms with E-state index >= 15 is 0 Å². The van der Waals surface area contributed by atoms with E-state index in [1.807, 2.05) is 55.5 Å². The van der Waals surface area contributed by atoms with Gasteiger partial charge in [0.2, 0.25) is 5.91 Å². The number of nitrogens with zero attached hydrogens (tertiary/aromatic N) is 3. The van der Waals surface area contributed by atoms with E-state index in [2.05, 4.69) is 15.3 Å². The molecule has 2 atom stereocenters. The number of methoxy groups -OCH3 is 1. The molecule has 3 aromatic rings. The molecule has 1 saturated heterocycles. The number of ether oxygens (including phenoxy) is 1. The van der Waals surface area contributed by atoms with E-state index < -0.39 is 11.5 Å². The third kappa shape index (κ3) is 2.96. The average molecular weight is 428 g/mol. The number of benzene rings is 2. The van der Waals surface area contributed by atoms with Gasteiger partial charge in [0.05, 0.1) is 18.7 Å². The molecule has 2 aliphatic heterocycles. The molecule has 0 radical (unpaired) electrons. The van der Waals surface area contributed by atoms with E-state index in [0.717, 1.165) is 16.8 Å². The first kappa shape index (κ1) is 20.2. The molecule has 162 valence electrons. The highest BCUT2D eigenvalue weighted by atomic mass is 16.5. The zero-order valence-electron chi connectivity index (χ0n) is 18.0. The molecule has 0 bridgehead atoms. The summed E-state index contributed by atoms with van der Waals surface area (Å²) >= 11 is 0. The van der Waals surface area contributed by atoms with Crippen molar-refractivity contribution in [3.8, 4) is 5.75 Å². The fourth-order valence-corrected chi connectivity index (χ4v) is 4.99. The summed E-state index contributed by atoms with van der Waals surface area (Å²) in [6.07, 6.45) is 4.37. The molecule has 0 saturated carbocycles. The van der Waals surface area contributed by atoms with Crippen molar-refractivity contribution >= 4 is 17.5 Å². The molecule has 1 fully saturated rings. The summed E-state index contributed by atoms with van der Waals surface area (Å²) in [6.45, 7) is 2.41. The number of aromatic nitrogens is 2. The van der Waals surface area contributed by atoms with Gasteiger partial charge in [-0.15, -0.1) is 0 Å². The molecular weight excluding hydrogens is 404 g/mol. The van der Waals surface area contributed by atoms with Gasteiger partial charge in [-0.2, -0.15) is 0 Å². The number of carbonyl (C=O) groups is 2. The Bertz CT molecular complexity index is 1190. The summed E-state index contributed by atoms with van der Waals surface area (Å²) in [4.78, 5) is 37.5. The van der Waals surface area contributed by atoms with E-state index in [4.69, 9.17) is 4.74 Å². The monoisotopic (exact) mass is 428 g/mol. The fourth-order valence-electron chi connectivity index (χ4n) is 4.99. The summed E-state index contributed by atoms with van der Waals surface area (Å²) < 4.78 is 5.44. The van der Waals surface area contributed by atoms with E-state index in [9.17, 15) is 9.59 Å². The van der Waals surface area contributed by atoms with Gasteiger partial charge in [0.1, 0.15) is 17.0 Å². The quantitative estimate of drug-likeness (QED) is 0.687. The van der Waals surface area contributed by atoms with Crippen molar-refractivity contribution in [3.63, 3.8) is 0 Å². The van der Waals surface area contributed by atoms with Crippen LogP contribution in [-0.2, 0) is 16.6 Å². The van der Waals surface area contributed by atoms with Crippen LogP contribution < -0.4 is 10.1 Å². The molecule has 2 amide bonds. The highest BCUT2D eigenvalue weighted by Crippen LogP contribution is 2.55. The molecule has 7 nitrogen and oxygen atoms in total. The Balaban J connectivity index is 1.64. The Kier molecular flexibility index (Phi) is 4.89. The maximum absolute atomic E-state index is 13.6. The summed E-state index contributed by atoms with van der Waals surface area (Å²) in [6, 6.07) is 14.8. The molecule has 1 N–H and O–H groups in total. The van der Waals surface area contributed by atoms with Crippen molar-refractivity contribution in [3.05, 3.63) is 83.4 Å². The Morgan fingerprint density at radius 3 is 2.72 bits per heavy atom. The smallest absolute Gasteiger partial charge is 0.257 e. The zero-order valence-corrected chi connectivity index (χ0v) is 18.0. The number of amides is 2. The summed E-state index contributed by atoms with van der Waals surface area (Å²) in [5, 5.41) is 3.04. The molecule has 0 unspecified atom stereocenters. The molecule has 0 aliphatic carbocycles. The minimum atomic E-state index is -0.872. The molecule has 3 heterocycles. The second kappa shape index (κ2) is 7.75. The number of anilines is 1. The van der Waals surface area contributed by atoms with Gasteiger partial charge in [0.25, 0.3) is 5.91 Å². The van der Waals surface area contributed by atoms with Crippen LogP contribution in [0.5, 0.6) is 5.75 Å². The predicted octanol–water partition coefficient (Wildman–Crippen LogP) is 3.52. The van der Waals surface area contributed by atoms with E-state index in [-0.39, 0.29) is 11.8 Å². The lowest BCUT2D eigenvalue weighted by Gasteiger charge is -2.34.